The monoisotopic (exact) mass is 243 g/mol. The topological polar surface area (TPSA) is 63.9 Å². The predicted octanol–water partition coefficient (Wildman–Crippen LogP) is -0.471. The van der Waals surface area contributed by atoms with E-state index in [1.807, 2.05) is 0 Å². The van der Waals surface area contributed by atoms with Gasteiger partial charge in [-0.1, -0.05) is 5.10 Å². The molecule has 0 N–H and O–H groups in total. The van der Waals surface area contributed by atoms with Crippen molar-refractivity contribution in [1.29, 1.82) is 0 Å². The Bertz CT molecular complexity index is 376. The van der Waals surface area contributed by atoms with Gasteiger partial charge in [-0.3, -0.25) is 9.69 Å². The van der Waals surface area contributed by atoms with Gasteiger partial charge in [0.05, 0.1) is 0 Å². The Balaban J connectivity index is 2.89. The smallest absolute Gasteiger partial charge is 0.272 e. The Morgan fingerprint density at radius 2 is 2.38 bits per heavy atom. The summed E-state index contributed by atoms with van der Waals surface area (Å²) in [6.07, 6.45) is 0. The molecule has 1 heterocycles. The highest BCUT2D eigenvalue weighted by molar-refractivity contribution is 9.12. The van der Waals surface area contributed by atoms with Crippen LogP contribution in [0.15, 0.2) is 0 Å². The van der Waals surface area contributed by atoms with E-state index in [-0.39, 0.29) is 5.91 Å². The van der Waals surface area contributed by atoms with E-state index in [2.05, 4.69) is 42.2 Å². The van der Waals surface area contributed by atoms with Crippen LogP contribution in [0, 0.1) is 10.8 Å². The van der Waals surface area contributed by atoms with Gasteiger partial charge in [-0.15, -0.1) is 0 Å². The van der Waals surface area contributed by atoms with Gasteiger partial charge >= 0.3 is 5.91 Å². The average Bonchev–Trinajstić information content (AvgIpc) is 2.50. The highest BCUT2D eigenvalue weighted by atomic mass is 79.9. The summed E-state index contributed by atoms with van der Waals surface area (Å²) in [4.78, 5) is 14.8. The maximum atomic E-state index is 11.2. The number of amides is 1. The standard InChI is InChI=1S/C6H6BrN5O/c1-11(5(13)3-4-7)6-8-9-10-12(6)2/h1-2H3. The second-order valence-electron chi connectivity index (χ2n) is 2.19. The molecule has 7 heteroatoms. The van der Waals surface area contributed by atoms with E-state index in [1.165, 1.54) is 9.58 Å². The van der Waals surface area contributed by atoms with E-state index < -0.39 is 0 Å². The highest BCUT2D eigenvalue weighted by Gasteiger charge is 2.13. The van der Waals surface area contributed by atoms with Gasteiger partial charge in [0.25, 0.3) is 5.95 Å². The third kappa shape index (κ3) is 2.03. The summed E-state index contributed by atoms with van der Waals surface area (Å²) in [5, 5.41) is 10.6. The zero-order valence-corrected chi connectivity index (χ0v) is 8.61. The van der Waals surface area contributed by atoms with Crippen molar-refractivity contribution in [2.45, 2.75) is 0 Å². The molecule has 1 amide bonds. The van der Waals surface area contributed by atoms with Gasteiger partial charge in [-0.2, -0.15) is 0 Å². The van der Waals surface area contributed by atoms with Crippen molar-refractivity contribution in [2.75, 3.05) is 11.9 Å². The van der Waals surface area contributed by atoms with Gasteiger partial charge in [0.15, 0.2) is 0 Å². The van der Waals surface area contributed by atoms with Crippen LogP contribution in [0.5, 0.6) is 0 Å². The van der Waals surface area contributed by atoms with Crippen molar-refractivity contribution in [3.8, 4) is 10.8 Å². The number of rotatable bonds is 1. The lowest BCUT2D eigenvalue weighted by molar-refractivity contribution is -0.113. The third-order valence-corrected chi connectivity index (χ3v) is 1.55. The van der Waals surface area contributed by atoms with Crippen LogP contribution in [0.1, 0.15) is 0 Å². The van der Waals surface area contributed by atoms with E-state index in [9.17, 15) is 4.79 Å². The first kappa shape index (κ1) is 9.67. The molecule has 0 saturated carbocycles. The molecule has 1 aromatic rings. The maximum Gasteiger partial charge on any atom is 0.305 e. The Morgan fingerprint density at radius 1 is 1.69 bits per heavy atom. The number of anilines is 1. The summed E-state index contributed by atoms with van der Waals surface area (Å²) in [5.41, 5.74) is 0. The van der Waals surface area contributed by atoms with Gasteiger partial charge in [0, 0.05) is 35.9 Å². The molecule has 0 aliphatic rings. The number of hydrogen-bond acceptors (Lipinski definition) is 4. The molecule has 0 aliphatic heterocycles. The molecule has 0 spiro atoms. The normalized spacial score (nSPS) is 8.85. The SMILES string of the molecule is CN(C(=O)C#CBr)c1nnnn1C. The van der Waals surface area contributed by atoms with E-state index >= 15 is 0 Å². The van der Waals surface area contributed by atoms with Crippen LogP contribution < -0.4 is 4.90 Å². The first-order valence-corrected chi connectivity index (χ1v) is 4.07. The molecular weight excluding hydrogens is 238 g/mol. The molecule has 1 aromatic heterocycles. The van der Waals surface area contributed by atoms with E-state index in [1.54, 1.807) is 14.1 Å². The summed E-state index contributed by atoms with van der Waals surface area (Å²) in [7, 11) is 3.19. The summed E-state index contributed by atoms with van der Waals surface area (Å²) in [5.74, 6) is 2.27. The second kappa shape index (κ2) is 4.00. The van der Waals surface area contributed by atoms with Crippen LogP contribution in [0.4, 0.5) is 5.95 Å². The zero-order valence-electron chi connectivity index (χ0n) is 7.02. The van der Waals surface area contributed by atoms with Crippen LogP contribution >= 0.6 is 15.9 Å². The fraction of sp³-hybridized carbons (Fsp3) is 0.333. The maximum absolute atomic E-state index is 11.2. The molecule has 0 fully saturated rings. The van der Waals surface area contributed by atoms with Crippen molar-refractivity contribution in [1.82, 2.24) is 20.2 Å². The largest absolute Gasteiger partial charge is 0.305 e. The van der Waals surface area contributed by atoms with E-state index in [4.69, 9.17) is 0 Å². The van der Waals surface area contributed by atoms with Gasteiger partial charge in [0.1, 0.15) is 0 Å². The fourth-order valence-corrected chi connectivity index (χ4v) is 0.894. The van der Waals surface area contributed by atoms with Crippen LogP contribution in [0.2, 0.25) is 0 Å². The van der Waals surface area contributed by atoms with Crippen molar-refractivity contribution < 1.29 is 4.79 Å². The minimum Gasteiger partial charge on any atom is -0.272 e. The van der Waals surface area contributed by atoms with Crippen LogP contribution in [0.3, 0.4) is 0 Å². The van der Waals surface area contributed by atoms with Gasteiger partial charge in [0.2, 0.25) is 0 Å². The Hall–Kier alpha value is -1.42. The lowest BCUT2D eigenvalue weighted by Gasteiger charge is -2.09. The molecule has 6 nitrogen and oxygen atoms in total. The van der Waals surface area contributed by atoms with Crippen molar-refractivity contribution in [3.63, 3.8) is 0 Å². The van der Waals surface area contributed by atoms with E-state index in [0.717, 1.165) is 0 Å². The molecule has 0 aromatic carbocycles. The summed E-state index contributed by atoms with van der Waals surface area (Å²) < 4.78 is 1.38. The molecular formula is C6H6BrN5O. The average molecular weight is 244 g/mol. The Morgan fingerprint density at radius 3 is 2.85 bits per heavy atom. The lowest BCUT2D eigenvalue weighted by atomic mass is 10.5. The zero-order chi connectivity index (χ0) is 9.84. The fourth-order valence-electron chi connectivity index (χ4n) is 0.724. The quantitative estimate of drug-likeness (QED) is 0.626. The Labute approximate surface area is 83.0 Å². The molecule has 0 unspecified atom stereocenters. The number of halogens is 1. The molecule has 0 aliphatic carbocycles. The minimum atomic E-state index is -0.380. The number of tetrazole rings is 1. The van der Waals surface area contributed by atoms with Crippen molar-refractivity contribution >= 4 is 27.8 Å². The number of hydrogen-bond donors (Lipinski definition) is 0. The van der Waals surface area contributed by atoms with Crippen LogP contribution in [-0.2, 0) is 11.8 Å². The molecule has 68 valence electrons. The first-order chi connectivity index (χ1) is 6.16. The molecule has 0 atom stereocenters. The molecule has 0 bridgehead atoms. The lowest BCUT2D eigenvalue weighted by Crippen LogP contribution is -2.27. The van der Waals surface area contributed by atoms with E-state index in [0.29, 0.717) is 5.95 Å². The van der Waals surface area contributed by atoms with Gasteiger partial charge in [-0.05, 0) is 15.3 Å². The molecule has 1 rings (SSSR count). The second-order valence-corrected chi connectivity index (χ2v) is 2.58. The summed E-state index contributed by atoms with van der Waals surface area (Å²) in [6, 6.07) is 0. The first-order valence-electron chi connectivity index (χ1n) is 3.28. The van der Waals surface area contributed by atoms with Crippen molar-refractivity contribution in [3.05, 3.63) is 0 Å². The number of carbonyl (C=O) groups is 1. The number of carbonyl (C=O) groups excluding carboxylic acids is 1. The minimum absolute atomic E-state index is 0.347. The number of aromatic nitrogens is 4. The summed E-state index contributed by atoms with van der Waals surface area (Å²) in [6.45, 7) is 0. The van der Waals surface area contributed by atoms with Crippen LogP contribution in [-0.4, -0.2) is 33.2 Å². The van der Waals surface area contributed by atoms with Crippen LogP contribution in [0.25, 0.3) is 0 Å². The van der Waals surface area contributed by atoms with Crippen molar-refractivity contribution in [2.24, 2.45) is 7.05 Å². The summed E-state index contributed by atoms with van der Waals surface area (Å²) >= 11 is 2.83. The third-order valence-electron chi connectivity index (χ3n) is 1.36. The Kier molecular flexibility index (Phi) is 2.97. The predicted molar refractivity (Wildman–Crippen MR) is 48.9 cm³/mol. The van der Waals surface area contributed by atoms with Gasteiger partial charge < -0.3 is 0 Å². The van der Waals surface area contributed by atoms with Gasteiger partial charge in [-0.25, -0.2) is 4.68 Å². The molecule has 13 heavy (non-hydrogen) atoms. The number of nitrogens with zero attached hydrogens (tertiary/aromatic N) is 5. The molecule has 0 radical (unpaired) electrons. The molecule has 0 saturated heterocycles. The number of aryl methyl sites for hydroxylation is 1. The highest BCUT2D eigenvalue weighted by Crippen LogP contribution is 2.02.